The van der Waals surface area contributed by atoms with Crippen molar-refractivity contribution < 1.29 is 9.53 Å². The van der Waals surface area contributed by atoms with E-state index in [0.29, 0.717) is 0 Å². The molecule has 2 aliphatic rings. The fraction of sp³-hybridized carbons (Fsp3) is 0.588. The summed E-state index contributed by atoms with van der Waals surface area (Å²) < 4.78 is 5.23. The molecule has 0 aromatic carbocycles. The maximum atomic E-state index is 11.4. The smallest absolute Gasteiger partial charge is 0.313 e. The third kappa shape index (κ3) is 4.70. The zero-order chi connectivity index (χ0) is 13.3. The number of hydrogen-bond donors (Lipinski definition) is 0. The average molecular weight is 260 g/mol. The predicted molar refractivity (Wildman–Crippen MR) is 77.7 cm³/mol. The molecule has 19 heavy (non-hydrogen) atoms. The van der Waals surface area contributed by atoms with Crippen LogP contribution in [0.15, 0.2) is 36.5 Å². The van der Waals surface area contributed by atoms with Crippen LogP contribution in [0.4, 0.5) is 0 Å². The Hall–Kier alpha value is -1.31. The van der Waals surface area contributed by atoms with Crippen LogP contribution >= 0.6 is 0 Å². The summed E-state index contributed by atoms with van der Waals surface area (Å²) in [7, 11) is 0. The van der Waals surface area contributed by atoms with E-state index in [1.807, 2.05) is 0 Å². The van der Waals surface area contributed by atoms with Crippen molar-refractivity contribution in [3.05, 3.63) is 36.5 Å². The molecule has 2 unspecified atom stereocenters. The lowest BCUT2D eigenvalue weighted by Crippen LogP contribution is -2.44. The predicted octanol–water partition coefficient (Wildman–Crippen LogP) is 4.33. The highest BCUT2D eigenvalue weighted by molar-refractivity contribution is 5.78. The first-order valence-corrected chi connectivity index (χ1v) is 7.53. The summed E-state index contributed by atoms with van der Waals surface area (Å²) in [6, 6.07) is 0. The van der Waals surface area contributed by atoms with Crippen molar-refractivity contribution >= 4 is 5.97 Å². The highest BCUT2D eigenvalue weighted by Gasteiger charge is 2.40. The van der Waals surface area contributed by atoms with Gasteiger partial charge in [-0.25, -0.2) is 0 Å². The second-order valence-electron chi connectivity index (χ2n) is 5.34. The number of esters is 1. The molecule has 2 atom stereocenters. The van der Waals surface area contributed by atoms with Gasteiger partial charge >= 0.3 is 5.97 Å². The Labute approximate surface area is 116 Å². The Morgan fingerprint density at radius 3 is 2.42 bits per heavy atom. The molecule has 0 spiro atoms. The average Bonchev–Trinajstić information content (AvgIpc) is 2.40. The van der Waals surface area contributed by atoms with Gasteiger partial charge in [-0.2, -0.15) is 0 Å². The van der Waals surface area contributed by atoms with E-state index in [9.17, 15) is 4.79 Å². The molecule has 0 N–H and O–H groups in total. The summed E-state index contributed by atoms with van der Waals surface area (Å²) >= 11 is 0. The van der Waals surface area contributed by atoms with Crippen LogP contribution in [0.5, 0.6) is 0 Å². The van der Waals surface area contributed by atoms with Gasteiger partial charge in [0.2, 0.25) is 0 Å². The first kappa shape index (κ1) is 14.1. The molecule has 0 aromatic heterocycles. The standard InChI is InChI=1S/C17H24O2/c18-17-15-13-11-9-7-5-3-1-2-4-6-8-10-12-14-16(15)19-17/h1,3-4,6,10,12,15-16H,2,5,7-9,11,13-14H2/b3-1-,6-4-,12-10-. The SMILES string of the molecule is O=C1OC2C/C=C\C/C=C\C/C=C\CCCCCC12. The molecule has 1 aliphatic heterocycles. The van der Waals surface area contributed by atoms with Gasteiger partial charge in [0.1, 0.15) is 6.10 Å². The van der Waals surface area contributed by atoms with Gasteiger partial charge in [-0.3, -0.25) is 4.79 Å². The van der Waals surface area contributed by atoms with Crippen molar-refractivity contribution in [1.29, 1.82) is 0 Å². The summed E-state index contributed by atoms with van der Waals surface area (Å²) in [6.45, 7) is 0. The molecular formula is C17H24O2. The summed E-state index contributed by atoms with van der Waals surface area (Å²) in [5.74, 6) is 0.169. The van der Waals surface area contributed by atoms with Crippen molar-refractivity contribution in [1.82, 2.24) is 0 Å². The molecule has 2 heteroatoms. The topological polar surface area (TPSA) is 26.3 Å². The Bertz CT molecular complexity index is 365. The lowest BCUT2D eigenvalue weighted by Gasteiger charge is -2.34. The normalized spacial score (nSPS) is 34.4. The van der Waals surface area contributed by atoms with E-state index in [0.717, 1.165) is 38.5 Å². The number of carbonyl (C=O) groups is 1. The van der Waals surface area contributed by atoms with Crippen LogP contribution in [-0.2, 0) is 9.53 Å². The van der Waals surface area contributed by atoms with E-state index in [1.165, 1.54) is 12.8 Å². The van der Waals surface area contributed by atoms with Crippen LogP contribution in [-0.4, -0.2) is 12.1 Å². The van der Waals surface area contributed by atoms with Crippen LogP contribution in [0.25, 0.3) is 0 Å². The van der Waals surface area contributed by atoms with E-state index in [2.05, 4.69) is 36.5 Å². The first-order chi connectivity index (χ1) is 9.38. The molecule has 0 amide bonds. The Morgan fingerprint density at radius 2 is 1.63 bits per heavy atom. The minimum absolute atomic E-state index is 0.0132. The summed E-state index contributed by atoms with van der Waals surface area (Å²) in [5, 5.41) is 0. The van der Waals surface area contributed by atoms with Crippen molar-refractivity contribution in [2.24, 2.45) is 5.92 Å². The molecule has 1 heterocycles. The quantitative estimate of drug-likeness (QED) is 0.478. The molecule has 2 nitrogen and oxygen atoms in total. The van der Waals surface area contributed by atoms with Crippen molar-refractivity contribution in [2.75, 3.05) is 0 Å². The highest BCUT2D eigenvalue weighted by Crippen LogP contribution is 2.30. The number of ether oxygens (including phenoxy) is 1. The van der Waals surface area contributed by atoms with Crippen LogP contribution in [0.2, 0.25) is 0 Å². The van der Waals surface area contributed by atoms with Gasteiger partial charge in [0, 0.05) is 6.42 Å². The fourth-order valence-electron chi connectivity index (χ4n) is 2.61. The molecule has 0 radical (unpaired) electrons. The summed E-state index contributed by atoms with van der Waals surface area (Å²) in [5.41, 5.74) is 0. The number of hydrogen-bond acceptors (Lipinski definition) is 2. The molecule has 2 rings (SSSR count). The van der Waals surface area contributed by atoms with Gasteiger partial charge in [-0.05, 0) is 32.1 Å². The molecule has 104 valence electrons. The highest BCUT2D eigenvalue weighted by atomic mass is 16.6. The zero-order valence-electron chi connectivity index (χ0n) is 11.6. The van der Waals surface area contributed by atoms with Crippen LogP contribution < -0.4 is 0 Å². The van der Waals surface area contributed by atoms with Gasteiger partial charge in [-0.1, -0.05) is 49.3 Å². The van der Waals surface area contributed by atoms with Crippen molar-refractivity contribution in [3.8, 4) is 0 Å². The number of carbonyl (C=O) groups excluding carboxylic acids is 1. The van der Waals surface area contributed by atoms with E-state index < -0.39 is 0 Å². The molecule has 1 saturated heterocycles. The number of fused-ring (bicyclic) bond motifs is 1. The minimum atomic E-state index is 0.0132. The van der Waals surface area contributed by atoms with Gasteiger partial charge in [0.05, 0.1) is 5.92 Å². The largest absolute Gasteiger partial charge is 0.461 e. The van der Waals surface area contributed by atoms with Crippen LogP contribution in [0, 0.1) is 5.92 Å². The van der Waals surface area contributed by atoms with Gasteiger partial charge in [-0.15, -0.1) is 0 Å². The second kappa shape index (κ2) is 7.98. The molecule has 1 fully saturated rings. The van der Waals surface area contributed by atoms with Crippen LogP contribution in [0.3, 0.4) is 0 Å². The summed E-state index contributed by atoms with van der Waals surface area (Å²) in [6.07, 6.45) is 22.0. The van der Waals surface area contributed by atoms with E-state index in [-0.39, 0.29) is 18.0 Å². The molecular weight excluding hydrogens is 236 g/mol. The summed E-state index contributed by atoms with van der Waals surface area (Å²) in [4.78, 5) is 11.4. The van der Waals surface area contributed by atoms with Crippen molar-refractivity contribution in [2.45, 2.75) is 57.5 Å². The maximum absolute atomic E-state index is 11.4. The number of rotatable bonds is 0. The zero-order valence-corrected chi connectivity index (χ0v) is 11.6. The van der Waals surface area contributed by atoms with Gasteiger partial charge < -0.3 is 4.74 Å². The Balaban J connectivity index is 1.84. The van der Waals surface area contributed by atoms with Gasteiger partial charge in [0.15, 0.2) is 0 Å². The van der Waals surface area contributed by atoms with E-state index >= 15 is 0 Å². The molecule has 0 aromatic rings. The molecule has 0 bridgehead atoms. The van der Waals surface area contributed by atoms with E-state index in [1.54, 1.807) is 0 Å². The first-order valence-electron chi connectivity index (χ1n) is 7.53. The second-order valence-corrected chi connectivity index (χ2v) is 5.34. The van der Waals surface area contributed by atoms with E-state index in [4.69, 9.17) is 4.74 Å². The third-order valence-electron chi connectivity index (χ3n) is 3.82. The Morgan fingerprint density at radius 1 is 0.895 bits per heavy atom. The number of allylic oxidation sites excluding steroid dienone is 5. The molecule has 0 saturated carbocycles. The van der Waals surface area contributed by atoms with Crippen molar-refractivity contribution in [3.63, 3.8) is 0 Å². The maximum Gasteiger partial charge on any atom is 0.313 e. The Kier molecular flexibility index (Phi) is 5.93. The lowest BCUT2D eigenvalue weighted by atomic mass is 9.88. The minimum Gasteiger partial charge on any atom is -0.461 e. The van der Waals surface area contributed by atoms with Crippen LogP contribution in [0.1, 0.15) is 51.4 Å². The third-order valence-corrected chi connectivity index (χ3v) is 3.82. The monoisotopic (exact) mass is 260 g/mol. The fourth-order valence-corrected chi connectivity index (χ4v) is 2.61. The van der Waals surface area contributed by atoms with Gasteiger partial charge in [0.25, 0.3) is 0 Å². The lowest BCUT2D eigenvalue weighted by molar-refractivity contribution is -0.184. The molecule has 1 aliphatic carbocycles.